The second-order valence-electron chi connectivity index (χ2n) is 8.33. The minimum Gasteiger partial charge on any atom is -0.355 e. The molecule has 5 heterocycles. The van der Waals surface area contributed by atoms with Crippen molar-refractivity contribution < 1.29 is 0 Å². The van der Waals surface area contributed by atoms with Crippen molar-refractivity contribution in [1.29, 1.82) is 0 Å². The molecule has 2 bridgehead atoms. The van der Waals surface area contributed by atoms with Gasteiger partial charge in [0.25, 0.3) is 0 Å². The molecule has 2 atom stereocenters. The highest BCUT2D eigenvalue weighted by atomic mass is 32.1. The van der Waals surface area contributed by atoms with Gasteiger partial charge in [0, 0.05) is 48.1 Å². The Morgan fingerprint density at radius 1 is 1.03 bits per heavy atom. The van der Waals surface area contributed by atoms with Gasteiger partial charge in [0.1, 0.15) is 0 Å². The van der Waals surface area contributed by atoms with Crippen molar-refractivity contribution in [2.45, 2.75) is 43.8 Å². The number of aromatic nitrogens is 5. The van der Waals surface area contributed by atoms with Crippen LogP contribution in [0.4, 0.5) is 5.82 Å². The summed E-state index contributed by atoms with van der Waals surface area (Å²) in [6.45, 7) is 0. The lowest BCUT2D eigenvalue weighted by Crippen LogP contribution is -2.47. The maximum absolute atomic E-state index is 4.60. The molecule has 2 unspecified atom stereocenters. The summed E-state index contributed by atoms with van der Waals surface area (Å²) in [5.74, 6) is 0.945. The van der Waals surface area contributed by atoms with Crippen molar-refractivity contribution in [3.05, 3.63) is 42.2 Å². The summed E-state index contributed by atoms with van der Waals surface area (Å²) in [7, 11) is 2.15. The first kappa shape index (κ1) is 18.0. The third-order valence-electron chi connectivity index (χ3n) is 6.58. The van der Waals surface area contributed by atoms with Crippen LogP contribution >= 0.6 is 11.3 Å². The zero-order valence-electron chi connectivity index (χ0n) is 16.7. The Hall–Kier alpha value is -2.84. The third kappa shape index (κ3) is 2.98. The SMILES string of the molecule is CN(c1ccc(-c2ccc(-c3cn[nH]c3)c3ncsc23)nn1)C1CC2CCC(C1)N2. The van der Waals surface area contributed by atoms with Crippen LogP contribution in [0.2, 0.25) is 0 Å². The second-order valence-corrected chi connectivity index (χ2v) is 9.18. The van der Waals surface area contributed by atoms with Gasteiger partial charge in [-0.15, -0.1) is 21.5 Å². The van der Waals surface area contributed by atoms with E-state index in [0.717, 1.165) is 38.4 Å². The summed E-state index contributed by atoms with van der Waals surface area (Å²) in [6, 6.07) is 10.2. The normalized spacial score (nSPS) is 23.2. The monoisotopic (exact) mass is 417 g/mol. The van der Waals surface area contributed by atoms with Crippen molar-refractivity contribution in [3.8, 4) is 22.4 Å². The highest BCUT2D eigenvalue weighted by Crippen LogP contribution is 2.37. The van der Waals surface area contributed by atoms with Crippen molar-refractivity contribution in [3.63, 3.8) is 0 Å². The van der Waals surface area contributed by atoms with Crippen molar-refractivity contribution in [2.24, 2.45) is 0 Å². The molecule has 1 aromatic carbocycles. The van der Waals surface area contributed by atoms with E-state index in [-0.39, 0.29) is 0 Å². The number of anilines is 1. The lowest BCUT2D eigenvalue weighted by atomic mass is 9.98. The van der Waals surface area contributed by atoms with Crippen molar-refractivity contribution in [1.82, 2.24) is 30.7 Å². The molecule has 4 aromatic rings. The molecule has 7 nitrogen and oxygen atoms in total. The van der Waals surface area contributed by atoms with E-state index in [0.29, 0.717) is 18.1 Å². The topological polar surface area (TPSA) is 82.6 Å². The van der Waals surface area contributed by atoms with Gasteiger partial charge in [-0.1, -0.05) is 12.1 Å². The summed E-state index contributed by atoms with van der Waals surface area (Å²) in [5, 5.41) is 19.8. The van der Waals surface area contributed by atoms with Crippen LogP contribution in [0, 0.1) is 0 Å². The maximum atomic E-state index is 4.60. The number of aromatic amines is 1. The number of nitrogens with zero attached hydrogens (tertiary/aromatic N) is 5. The minimum atomic E-state index is 0.534. The number of piperidine rings is 1. The van der Waals surface area contributed by atoms with Crippen LogP contribution in [0.3, 0.4) is 0 Å². The Labute approximate surface area is 178 Å². The van der Waals surface area contributed by atoms with Crippen LogP contribution in [-0.2, 0) is 0 Å². The first-order chi connectivity index (χ1) is 14.8. The number of H-pyrrole nitrogens is 1. The zero-order valence-corrected chi connectivity index (χ0v) is 17.6. The molecule has 2 aliphatic heterocycles. The predicted octanol–water partition coefficient (Wildman–Crippen LogP) is 3.86. The van der Waals surface area contributed by atoms with Crippen molar-refractivity contribution in [2.75, 3.05) is 11.9 Å². The summed E-state index contributed by atoms with van der Waals surface area (Å²) in [6.07, 6.45) is 8.70. The number of nitrogens with one attached hydrogen (secondary N) is 2. The summed E-state index contributed by atoms with van der Waals surface area (Å²) in [4.78, 5) is 6.92. The molecule has 0 aliphatic carbocycles. The van der Waals surface area contributed by atoms with Gasteiger partial charge in [0.15, 0.2) is 5.82 Å². The summed E-state index contributed by atoms with van der Waals surface area (Å²) >= 11 is 1.63. The van der Waals surface area contributed by atoms with E-state index in [1.54, 1.807) is 11.3 Å². The second kappa shape index (κ2) is 7.14. The average Bonchev–Trinajstić information content (AvgIpc) is 3.54. The maximum Gasteiger partial charge on any atom is 0.151 e. The molecule has 8 heteroatoms. The number of thiazole rings is 1. The molecule has 6 rings (SSSR count). The van der Waals surface area contributed by atoms with Gasteiger partial charge < -0.3 is 10.2 Å². The molecule has 2 saturated heterocycles. The minimum absolute atomic E-state index is 0.534. The zero-order chi connectivity index (χ0) is 20.1. The first-order valence-corrected chi connectivity index (χ1v) is 11.3. The highest BCUT2D eigenvalue weighted by molar-refractivity contribution is 7.17. The fourth-order valence-corrected chi connectivity index (χ4v) is 5.81. The molecule has 0 spiro atoms. The molecule has 30 heavy (non-hydrogen) atoms. The molecule has 152 valence electrons. The Balaban J connectivity index is 1.30. The van der Waals surface area contributed by atoms with Crippen molar-refractivity contribution >= 4 is 27.4 Å². The standard InChI is InChI=1S/C22H23N7S/c1-29(16-8-14-2-3-15(9-16)26-14)20-7-6-19(27-28-20)18-5-4-17(13-10-24-25-11-13)21-22(18)30-12-23-21/h4-7,10-12,14-16,26H,2-3,8-9H2,1H3,(H,24,25). The summed E-state index contributed by atoms with van der Waals surface area (Å²) in [5.41, 5.74) is 6.93. The molecule has 0 saturated carbocycles. The molecule has 3 aromatic heterocycles. The lowest BCUT2D eigenvalue weighted by Gasteiger charge is -2.36. The van der Waals surface area contributed by atoms with E-state index in [1.807, 2.05) is 17.9 Å². The smallest absolute Gasteiger partial charge is 0.151 e. The van der Waals surface area contributed by atoms with Gasteiger partial charge in [0.05, 0.1) is 27.6 Å². The molecule has 2 fully saturated rings. The number of hydrogen-bond acceptors (Lipinski definition) is 7. The molecular weight excluding hydrogens is 394 g/mol. The van der Waals surface area contributed by atoms with Gasteiger partial charge in [0.2, 0.25) is 0 Å². The number of hydrogen-bond donors (Lipinski definition) is 2. The number of fused-ring (bicyclic) bond motifs is 3. The van der Waals surface area contributed by atoms with E-state index in [1.165, 1.54) is 25.7 Å². The fourth-order valence-electron chi connectivity index (χ4n) is 4.97. The summed E-state index contributed by atoms with van der Waals surface area (Å²) < 4.78 is 1.12. The molecule has 0 radical (unpaired) electrons. The van der Waals surface area contributed by atoms with E-state index < -0.39 is 0 Å². The van der Waals surface area contributed by atoms with Gasteiger partial charge >= 0.3 is 0 Å². The van der Waals surface area contributed by atoms with Gasteiger partial charge in [-0.3, -0.25) is 5.10 Å². The predicted molar refractivity (Wildman–Crippen MR) is 120 cm³/mol. The molecular formula is C22H23N7S. The lowest BCUT2D eigenvalue weighted by molar-refractivity contribution is 0.353. The first-order valence-electron chi connectivity index (χ1n) is 10.4. The van der Waals surface area contributed by atoms with Crippen LogP contribution in [0.25, 0.3) is 32.6 Å². The fraction of sp³-hybridized carbons (Fsp3) is 0.364. The number of benzene rings is 1. The van der Waals surface area contributed by atoms with E-state index in [9.17, 15) is 0 Å². The van der Waals surface area contributed by atoms with Gasteiger partial charge in [-0.05, 0) is 37.8 Å². The Morgan fingerprint density at radius 3 is 2.60 bits per heavy atom. The van der Waals surface area contributed by atoms with E-state index in [2.05, 4.69) is 66.9 Å². The van der Waals surface area contributed by atoms with Crippen LogP contribution in [-0.4, -0.2) is 50.6 Å². The Morgan fingerprint density at radius 2 is 1.87 bits per heavy atom. The highest BCUT2D eigenvalue weighted by Gasteiger charge is 2.35. The molecule has 2 aliphatic rings. The van der Waals surface area contributed by atoms with Gasteiger partial charge in [-0.2, -0.15) is 5.10 Å². The van der Waals surface area contributed by atoms with Crippen LogP contribution < -0.4 is 10.2 Å². The van der Waals surface area contributed by atoms with Crippen LogP contribution in [0.15, 0.2) is 42.2 Å². The Bertz CT molecular complexity index is 1160. The average molecular weight is 418 g/mol. The third-order valence-corrected chi connectivity index (χ3v) is 7.44. The van der Waals surface area contributed by atoms with Crippen LogP contribution in [0.1, 0.15) is 25.7 Å². The molecule has 2 N–H and O–H groups in total. The Kier molecular flexibility index (Phi) is 4.28. The van der Waals surface area contributed by atoms with E-state index in [4.69, 9.17) is 0 Å². The van der Waals surface area contributed by atoms with Crippen LogP contribution in [0.5, 0.6) is 0 Å². The van der Waals surface area contributed by atoms with E-state index >= 15 is 0 Å². The molecule has 0 amide bonds. The van der Waals surface area contributed by atoms with Gasteiger partial charge in [-0.25, -0.2) is 4.98 Å². The largest absolute Gasteiger partial charge is 0.355 e. The number of rotatable bonds is 4. The quantitative estimate of drug-likeness (QED) is 0.525.